The van der Waals surface area contributed by atoms with Gasteiger partial charge in [0, 0.05) is 24.4 Å². The normalized spacial score (nSPS) is 15.7. The van der Waals surface area contributed by atoms with Gasteiger partial charge in [-0.25, -0.2) is 4.79 Å². The topological polar surface area (TPSA) is 108 Å². The summed E-state index contributed by atoms with van der Waals surface area (Å²) < 4.78 is 6.74. The molecule has 0 spiro atoms. The molecule has 31 heavy (non-hydrogen) atoms. The Morgan fingerprint density at radius 2 is 1.97 bits per heavy atom. The number of nitrogens with zero attached hydrogens (tertiary/aromatic N) is 3. The number of thioether (sulfide) groups is 1. The van der Waals surface area contributed by atoms with Crippen LogP contribution in [0.2, 0.25) is 0 Å². The van der Waals surface area contributed by atoms with E-state index in [1.807, 2.05) is 18.2 Å². The van der Waals surface area contributed by atoms with Crippen LogP contribution in [-0.4, -0.2) is 39.0 Å². The molecule has 1 saturated heterocycles. The number of rotatable bonds is 6. The second-order valence-corrected chi connectivity index (χ2v) is 8.15. The van der Waals surface area contributed by atoms with Crippen LogP contribution in [0.25, 0.3) is 11.1 Å². The molecule has 4 rings (SSSR count). The maximum absolute atomic E-state index is 12.8. The number of nitrogens with one attached hydrogen (secondary N) is 1. The zero-order valence-corrected chi connectivity index (χ0v) is 17.4. The number of para-hydroxylation sites is 2. The lowest BCUT2D eigenvalue weighted by Gasteiger charge is -2.23. The summed E-state index contributed by atoms with van der Waals surface area (Å²) in [5.41, 5.74) is 2.32. The maximum Gasteiger partial charge on any atom is 0.419 e. The van der Waals surface area contributed by atoms with Crippen LogP contribution in [0.3, 0.4) is 0 Å². The van der Waals surface area contributed by atoms with E-state index in [-0.39, 0.29) is 18.2 Å². The van der Waals surface area contributed by atoms with Crippen molar-refractivity contribution in [2.24, 2.45) is 0 Å². The van der Waals surface area contributed by atoms with E-state index in [1.54, 1.807) is 41.3 Å². The van der Waals surface area contributed by atoms with Gasteiger partial charge in [0.2, 0.25) is 11.8 Å². The maximum atomic E-state index is 12.8. The second-order valence-electron chi connectivity index (χ2n) is 7.15. The Balaban J connectivity index is 1.35. The molecule has 1 unspecified atom stereocenters. The fraction of sp³-hybridized carbons (Fsp3) is 0.273. The monoisotopic (exact) mass is 436 g/mol. The number of benzene rings is 2. The van der Waals surface area contributed by atoms with Gasteiger partial charge in [0.25, 0.3) is 0 Å². The van der Waals surface area contributed by atoms with Gasteiger partial charge >= 0.3 is 5.76 Å². The van der Waals surface area contributed by atoms with Gasteiger partial charge in [0.05, 0.1) is 23.0 Å². The van der Waals surface area contributed by atoms with Crippen molar-refractivity contribution >= 4 is 40.4 Å². The molecule has 3 aromatic rings. The average Bonchev–Trinajstić information content (AvgIpc) is 3.39. The summed E-state index contributed by atoms with van der Waals surface area (Å²) in [5.74, 6) is 0.175. The number of nitriles is 1. The van der Waals surface area contributed by atoms with Gasteiger partial charge < -0.3 is 14.6 Å². The molecule has 0 saturated carbocycles. The van der Waals surface area contributed by atoms with Crippen LogP contribution >= 0.6 is 11.8 Å². The number of fused-ring (bicyclic) bond motifs is 1. The molecule has 1 N–H and O–H groups in total. The Labute approximate surface area is 182 Å². The van der Waals surface area contributed by atoms with Crippen molar-refractivity contribution in [1.82, 2.24) is 9.47 Å². The van der Waals surface area contributed by atoms with Crippen LogP contribution < -0.4 is 11.1 Å². The molecular formula is C22H20N4O4S. The summed E-state index contributed by atoms with van der Waals surface area (Å²) in [6.45, 7) is 0.366. The average molecular weight is 436 g/mol. The number of oxazole rings is 1. The highest BCUT2D eigenvalue weighted by Crippen LogP contribution is 2.24. The summed E-state index contributed by atoms with van der Waals surface area (Å²) in [7, 11) is 0. The van der Waals surface area contributed by atoms with E-state index in [9.17, 15) is 14.4 Å². The molecule has 1 aromatic heterocycles. The summed E-state index contributed by atoms with van der Waals surface area (Å²) in [5, 5.41) is 11.7. The highest BCUT2D eigenvalue weighted by molar-refractivity contribution is 7.99. The number of hydrogen-bond acceptors (Lipinski definition) is 6. The van der Waals surface area contributed by atoms with Crippen LogP contribution in [0.1, 0.15) is 18.4 Å². The summed E-state index contributed by atoms with van der Waals surface area (Å²) in [6.07, 6.45) is 0.695. The first-order valence-corrected chi connectivity index (χ1v) is 11.0. The molecule has 8 nitrogen and oxygen atoms in total. The molecule has 2 aromatic carbocycles. The molecule has 0 bridgehead atoms. The van der Waals surface area contributed by atoms with Crippen molar-refractivity contribution in [2.45, 2.75) is 25.4 Å². The van der Waals surface area contributed by atoms with Crippen molar-refractivity contribution in [1.29, 1.82) is 5.26 Å². The highest BCUT2D eigenvalue weighted by Gasteiger charge is 2.34. The molecule has 0 radical (unpaired) electrons. The van der Waals surface area contributed by atoms with Gasteiger partial charge in [-0.1, -0.05) is 12.1 Å². The van der Waals surface area contributed by atoms with E-state index in [1.165, 1.54) is 16.3 Å². The number of amides is 2. The zero-order valence-electron chi connectivity index (χ0n) is 16.6. The SMILES string of the molecule is N#Cc1ccc(NC(=O)C2CSCN2C(=O)CCCn2c(=O)oc3ccccc32)cc1. The number of aryl methyl sites for hydroxylation is 1. The van der Waals surface area contributed by atoms with Gasteiger partial charge in [-0.3, -0.25) is 14.2 Å². The summed E-state index contributed by atoms with van der Waals surface area (Å²) >= 11 is 1.53. The lowest BCUT2D eigenvalue weighted by molar-refractivity contribution is -0.136. The molecule has 1 atom stereocenters. The van der Waals surface area contributed by atoms with E-state index in [0.29, 0.717) is 46.9 Å². The molecular weight excluding hydrogens is 416 g/mol. The van der Waals surface area contributed by atoms with Gasteiger partial charge in [0.1, 0.15) is 6.04 Å². The number of aromatic nitrogens is 1. The molecule has 1 aliphatic heterocycles. The molecule has 1 aliphatic rings. The minimum Gasteiger partial charge on any atom is -0.408 e. The largest absolute Gasteiger partial charge is 0.419 e. The first kappa shape index (κ1) is 20.8. The predicted molar refractivity (Wildman–Crippen MR) is 117 cm³/mol. The van der Waals surface area contributed by atoms with Crippen molar-refractivity contribution in [3.05, 3.63) is 64.6 Å². The van der Waals surface area contributed by atoms with Gasteiger partial charge in [0.15, 0.2) is 5.58 Å². The van der Waals surface area contributed by atoms with Crippen molar-refractivity contribution < 1.29 is 14.0 Å². The molecule has 158 valence electrons. The fourth-order valence-electron chi connectivity index (χ4n) is 3.52. The predicted octanol–water partition coefficient (Wildman–Crippen LogP) is 2.79. The Morgan fingerprint density at radius 3 is 2.74 bits per heavy atom. The quantitative estimate of drug-likeness (QED) is 0.637. The Hall–Kier alpha value is -3.51. The second kappa shape index (κ2) is 9.10. The molecule has 2 amide bonds. The van der Waals surface area contributed by atoms with Crippen LogP contribution in [-0.2, 0) is 16.1 Å². The Kier molecular flexibility index (Phi) is 6.09. The number of anilines is 1. The van der Waals surface area contributed by atoms with Crippen LogP contribution in [0.15, 0.2) is 57.7 Å². The van der Waals surface area contributed by atoms with Crippen LogP contribution in [0, 0.1) is 11.3 Å². The third-order valence-electron chi connectivity index (χ3n) is 5.13. The number of carbonyl (C=O) groups is 2. The van der Waals surface area contributed by atoms with Gasteiger partial charge in [-0.05, 0) is 42.8 Å². The first-order chi connectivity index (χ1) is 15.1. The zero-order chi connectivity index (χ0) is 21.8. The standard InChI is InChI=1S/C22H20N4O4S/c23-12-15-7-9-16(10-8-15)24-21(28)18-13-31-14-26(18)20(27)6-3-11-25-17-4-1-2-5-19(17)30-22(25)29/h1-2,4-5,7-10,18H,3,6,11,13-14H2,(H,24,28). The fourth-order valence-corrected chi connectivity index (χ4v) is 4.70. The number of hydrogen-bond donors (Lipinski definition) is 1. The van der Waals surface area contributed by atoms with Crippen molar-refractivity contribution in [3.8, 4) is 6.07 Å². The van der Waals surface area contributed by atoms with Gasteiger partial charge in [-0.2, -0.15) is 5.26 Å². The highest BCUT2D eigenvalue weighted by atomic mass is 32.2. The van der Waals surface area contributed by atoms with Crippen LogP contribution in [0.5, 0.6) is 0 Å². The first-order valence-electron chi connectivity index (χ1n) is 9.83. The smallest absolute Gasteiger partial charge is 0.408 e. The minimum atomic E-state index is -0.550. The van der Waals surface area contributed by atoms with E-state index >= 15 is 0 Å². The molecule has 0 aliphatic carbocycles. The molecule has 2 heterocycles. The van der Waals surface area contributed by atoms with E-state index in [2.05, 4.69) is 5.32 Å². The summed E-state index contributed by atoms with van der Waals surface area (Å²) in [6, 6.07) is 15.2. The van der Waals surface area contributed by atoms with Gasteiger partial charge in [-0.15, -0.1) is 11.8 Å². The third kappa shape index (κ3) is 4.49. The number of carbonyl (C=O) groups excluding carboxylic acids is 2. The minimum absolute atomic E-state index is 0.120. The van der Waals surface area contributed by atoms with Crippen molar-refractivity contribution in [2.75, 3.05) is 16.9 Å². The van der Waals surface area contributed by atoms with Crippen molar-refractivity contribution in [3.63, 3.8) is 0 Å². The lowest BCUT2D eigenvalue weighted by atomic mass is 10.2. The Morgan fingerprint density at radius 1 is 1.19 bits per heavy atom. The summed E-state index contributed by atoms with van der Waals surface area (Å²) in [4.78, 5) is 39.1. The Bertz CT molecular complexity index is 1210. The van der Waals surface area contributed by atoms with Crippen LogP contribution in [0.4, 0.5) is 5.69 Å². The molecule has 1 fully saturated rings. The third-order valence-corrected chi connectivity index (χ3v) is 6.15. The lowest BCUT2D eigenvalue weighted by Crippen LogP contribution is -2.44. The van der Waals surface area contributed by atoms with E-state index < -0.39 is 11.8 Å². The van der Waals surface area contributed by atoms with E-state index in [0.717, 1.165) is 0 Å². The van der Waals surface area contributed by atoms with E-state index in [4.69, 9.17) is 9.68 Å². The molecule has 9 heteroatoms.